The Kier molecular flexibility index (Phi) is 10.0. The van der Waals surface area contributed by atoms with Gasteiger partial charge in [-0.15, -0.1) is 0 Å². The molecule has 0 radical (unpaired) electrons. The fraction of sp³-hybridized carbons (Fsp3) is 1.00. The number of phosphoric acid groups is 1. The maximum Gasteiger partial charge on any atom is 0.475 e. The normalized spacial score (nSPS) is 39.7. The first-order valence-corrected chi connectivity index (χ1v) is 12.1. The van der Waals surface area contributed by atoms with E-state index in [4.69, 9.17) is 32.5 Å². The number of rotatable bonds is 12. The van der Waals surface area contributed by atoms with Gasteiger partial charge in [-0.05, 0) is 20.3 Å². The molecule has 9 atom stereocenters. The minimum absolute atomic E-state index is 0.0244. The third-order valence-electron chi connectivity index (χ3n) is 6.03. The Balaban J connectivity index is 2.08. The predicted molar refractivity (Wildman–Crippen MR) is 109 cm³/mol. The van der Waals surface area contributed by atoms with Gasteiger partial charge in [0, 0.05) is 26.1 Å². The van der Waals surface area contributed by atoms with E-state index in [1.165, 1.54) is 0 Å². The van der Waals surface area contributed by atoms with Gasteiger partial charge in [0.25, 0.3) is 0 Å². The average Bonchev–Trinajstić information content (AvgIpc) is 3.10. The first kappa shape index (κ1) is 25.2. The Morgan fingerprint density at radius 3 is 2.00 bits per heavy atom. The van der Waals surface area contributed by atoms with E-state index in [-0.39, 0.29) is 49.0 Å². The first-order valence-electron chi connectivity index (χ1n) is 10.7. The number of ether oxygens (including phenoxy) is 4. The summed E-state index contributed by atoms with van der Waals surface area (Å²) in [6.07, 6.45) is 0.432. The van der Waals surface area contributed by atoms with E-state index in [2.05, 4.69) is 6.92 Å². The second-order valence-corrected chi connectivity index (χ2v) is 9.75. The van der Waals surface area contributed by atoms with E-state index in [0.717, 1.165) is 12.8 Å². The van der Waals surface area contributed by atoms with E-state index in [1.54, 1.807) is 14.2 Å². The van der Waals surface area contributed by atoms with Crippen molar-refractivity contribution in [3.8, 4) is 0 Å². The highest BCUT2D eigenvalue weighted by Crippen LogP contribution is 2.54. The van der Waals surface area contributed by atoms with Crippen LogP contribution in [0.2, 0.25) is 0 Å². The predicted octanol–water partition coefficient (Wildman–Crippen LogP) is 3.82. The lowest BCUT2D eigenvalue weighted by Crippen LogP contribution is -2.34. The second-order valence-electron chi connectivity index (χ2n) is 8.13. The van der Waals surface area contributed by atoms with Crippen molar-refractivity contribution in [3.63, 3.8) is 0 Å². The van der Waals surface area contributed by atoms with Crippen molar-refractivity contribution in [1.82, 2.24) is 0 Å². The molecule has 0 aromatic heterocycles. The summed E-state index contributed by atoms with van der Waals surface area (Å²) in [5.41, 5.74) is 0. The van der Waals surface area contributed by atoms with Crippen molar-refractivity contribution in [2.75, 3.05) is 34.0 Å². The topological polar surface area (TPSA) is 81.7 Å². The summed E-state index contributed by atoms with van der Waals surface area (Å²) in [5.74, 6) is 0.237. The summed E-state index contributed by atoms with van der Waals surface area (Å²) in [4.78, 5) is 0. The molecule has 2 aliphatic heterocycles. The van der Waals surface area contributed by atoms with Crippen LogP contribution in [0.5, 0.6) is 0 Å². The van der Waals surface area contributed by atoms with Crippen LogP contribution in [-0.2, 0) is 37.1 Å². The molecule has 0 amide bonds. The number of hydrogen-bond acceptors (Lipinski definition) is 8. The number of unbranched alkanes of at least 4 members (excludes halogenated alkanes) is 1. The highest BCUT2D eigenvalue weighted by atomic mass is 31.2. The fourth-order valence-corrected chi connectivity index (χ4v) is 5.37. The number of phosphoric ester groups is 1. The molecule has 29 heavy (non-hydrogen) atoms. The Hall–Kier alpha value is -0.0500. The van der Waals surface area contributed by atoms with Crippen LogP contribution in [-0.4, -0.2) is 70.7 Å². The number of hydrogen-bond donors (Lipinski definition) is 0. The Labute approximate surface area is 175 Å². The zero-order valence-electron chi connectivity index (χ0n) is 18.9. The quantitative estimate of drug-likeness (QED) is 0.336. The van der Waals surface area contributed by atoms with Crippen molar-refractivity contribution in [2.45, 2.75) is 84.1 Å². The summed E-state index contributed by atoms with van der Waals surface area (Å²) in [6, 6.07) is 0. The summed E-state index contributed by atoms with van der Waals surface area (Å²) < 4.78 is 53.6. The van der Waals surface area contributed by atoms with Gasteiger partial charge in [-0.2, -0.15) is 0 Å². The van der Waals surface area contributed by atoms with Gasteiger partial charge in [0.15, 0.2) is 0 Å². The standard InChI is InChI=1S/C20H39O8P/c1-8-9-10-24-29(21,25-12-18-19(23-7)13(2)15(4)27-18)28-20-14(3)16(5)26-17(20)11-22-6/h13-20H,8-12H2,1-7H3. The largest absolute Gasteiger partial charge is 0.475 e. The van der Waals surface area contributed by atoms with Crippen molar-refractivity contribution in [2.24, 2.45) is 11.8 Å². The van der Waals surface area contributed by atoms with Crippen LogP contribution < -0.4 is 0 Å². The first-order chi connectivity index (χ1) is 13.8. The lowest BCUT2D eigenvalue weighted by Gasteiger charge is -2.27. The van der Waals surface area contributed by atoms with E-state index < -0.39 is 13.9 Å². The molecule has 2 fully saturated rings. The van der Waals surface area contributed by atoms with E-state index in [1.807, 2.05) is 27.7 Å². The Morgan fingerprint density at radius 2 is 1.45 bits per heavy atom. The summed E-state index contributed by atoms with van der Waals surface area (Å²) in [7, 11) is -0.569. The van der Waals surface area contributed by atoms with Crippen LogP contribution in [0.4, 0.5) is 0 Å². The molecule has 0 saturated carbocycles. The molecule has 9 unspecified atom stereocenters. The third-order valence-corrected chi connectivity index (χ3v) is 7.49. The molecule has 8 nitrogen and oxygen atoms in total. The monoisotopic (exact) mass is 438 g/mol. The third kappa shape index (κ3) is 6.47. The molecule has 0 bridgehead atoms. The summed E-state index contributed by atoms with van der Waals surface area (Å²) in [6.45, 7) is 10.8. The van der Waals surface area contributed by atoms with Gasteiger partial charge in [0.2, 0.25) is 0 Å². The summed E-state index contributed by atoms with van der Waals surface area (Å²) >= 11 is 0. The summed E-state index contributed by atoms with van der Waals surface area (Å²) in [5, 5.41) is 0. The Bertz CT molecular complexity index is 533. The van der Waals surface area contributed by atoms with Crippen LogP contribution in [0.25, 0.3) is 0 Å². The lowest BCUT2D eigenvalue weighted by atomic mass is 9.99. The molecule has 2 aliphatic rings. The van der Waals surface area contributed by atoms with Crippen LogP contribution in [0, 0.1) is 11.8 Å². The SMILES string of the molecule is CCCCOP(=O)(OCC1OC(C)C(C)C1OC)OC1C(COC)OC(C)C1C. The molecule has 0 N–H and O–H groups in total. The minimum atomic E-state index is -3.82. The van der Waals surface area contributed by atoms with Crippen LogP contribution in [0.3, 0.4) is 0 Å². The van der Waals surface area contributed by atoms with Gasteiger partial charge >= 0.3 is 7.82 Å². The molecule has 0 spiro atoms. The van der Waals surface area contributed by atoms with Gasteiger partial charge in [-0.1, -0.05) is 27.2 Å². The molecule has 2 rings (SSSR count). The molecular formula is C20H39O8P. The molecular weight excluding hydrogens is 399 g/mol. The van der Waals surface area contributed by atoms with Crippen molar-refractivity contribution < 1.29 is 37.1 Å². The zero-order chi connectivity index (χ0) is 21.6. The molecule has 0 aromatic rings. The molecule has 0 aliphatic carbocycles. The lowest BCUT2D eigenvalue weighted by molar-refractivity contribution is -0.0494. The van der Waals surface area contributed by atoms with Crippen molar-refractivity contribution in [3.05, 3.63) is 0 Å². The van der Waals surface area contributed by atoms with Gasteiger partial charge < -0.3 is 18.9 Å². The van der Waals surface area contributed by atoms with Gasteiger partial charge in [0.1, 0.15) is 18.3 Å². The van der Waals surface area contributed by atoms with Gasteiger partial charge in [0.05, 0.1) is 38.1 Å². The molecule has 2 heterocycles. The zero-order valence-corrected chi connectivity index (χ0v) is 19.8. The van der Waals surface area contributed by atoms with E-state index in [9.17, 15) is 4.57 Å². The number of methoxy groups -OCH3 is 2. The maximum absolute atomic E-state index is 13.5. The van der Waals surface area contributed by atoms with Crippen LogP contribution in [0.15, 0.2) is 0 Å². The highest BCUT2D eigenvalue weighted by Gasteiger charge is 2.47. The molecule has 2 saturated heterocycles. The molecule has 172 valence electrons. The maximum atomic E-state index is 13.5. The van der Waals surface area contributed by atoms with E-state index in [0.29, 0.717) is 13.2 Å². The minimum Gasteiger partial charge on any atom is -0.382 e. The Morgan fingerprint density at radius 1 is 0.862 bits per heavy atom. The second kappa shape index (κ2) is 11.5. The van der Waals surface area contributed by atoms with Crippen molar-refractivity contribution >= 4 is 7.82 Å². The smallest absolute Gasteiger partial charge is 0.382 e. The highest BCUT2D eigenvalue weighted by molar-refractivity contribution is 7.48. The van der Waals surface area contributed by atoms with Crippen LogP contribution in [0.1, 0.15) is 47.5 Å². The molecule has 9 heteroatoms. The van der Waals surface area contributed by atoms with Gasteiger partial charge in [-0.25, -0.2) is 4.57 Å². The average molecular weight is 438 g/mol. The van der Waals surface area contributed by atoms with Gasteiger partial charge in [-0.3, -0.25) is 13.6 Å². The van der Waals surface area contributed by atoms with Crippen LogP contribution >= 0.6 is 7.82 Å². The fourth-order valence-electron chi connectivity index (χ4n) is 3.86. The molecule has 0 aromatic carbocycles. The van der Waals surface area contributed by atoms with Crippen molar-refractivity contribution in [1.29, 1.82) is 0 Å². The van der Waals surface area contributed by atoms with E-state index >= 15 is 0 Å².